The predicted molar refractivity (Wildman–Crippen MR) is 85.5 cm³/mol. The van der Waals surface area contributed by atoms with E-state index in [4.69, 9.17) is 0 Å². The summed E-state index contributed by atoms with van der Waals surface area (Å²) in [5.41, 5.74) is 2.59. The molecule has 0 amide bonds. The summed E-state index contributed by atoms with van der Waals surface area (Å²) in [4.78, 5) is 0. The van der Waals surface area contributed by atoms with Crippen molar-refractivity contribution >= 4 is 25.6 Å². The van der Waals surface area contributed by atoms with Crippen molar-refractivity contribution < 1.29 is 0 Å². The van der Waals surface area contributed by atoms with Crippen LogP contribution < -0.4 is 10.6 Å². The lowest BCUT2D eigenvalue weighted by Crippen LogP contribution is -2.31. The monoisotopic (exact) mass is 239 g/mol. The van der Waals surface area contributed by atoms with Crippen molar-refractivity contribution in [1.82, 2.24) is 4.48 Å². The minimum Gasteiger partial charge on any atom is -0.393 e. The number of allylic oxidation sites excluding steroid dienone is 4. The number of rotatable bonds is 4. The summed E-state index contributed by atoms with van der Waals surface area (Å²) in [6.07, 6.45) is 14.4. The van der Waals surface area contributed by atoms with Gasteiger partial charge in [-0.05, 0) is 20.8 Å². The zero-order valence-corrected chi connectivity index (χ0v) is 11.9. The Morgan fingerprint density at radius 1 is 1.22 bits per heavy atom. The average Bonchev–Trinajstić information content (AvgIpc) is 2.65. The molecule has 0 aliphatic heterocycles. The maximum Gasteiger partial charge on any atom is 0.238 e. The standard InChI is InChI=1S/C16H22BN/c1-6-9-11-14-13(4)18(17-5)16(8-3)15(14)12-10-7-2/h6-12,17H,1H2,2-5H3/b10-7-,11-9-,15-12-,16-8+. The Balaban J connectivity index is 3.73. The summed E-state index contributed by atoms with van der Waals surface area (Å²) in [5.74, 6) is 0. The molecule has 0 spiro atoms. The van der Waals surface area contributed by atoms with E-state index in [0.717, 1.165) is 7.41 Å². The van der Waals surface area contributed by atoms with Gasteiger partial charge in [-0.25, -0.2) is 0 Å². The Labute approximate surface area is 111 Å². The van der Waals surface area contributed by atoms with Gasteiger partial charge in [-0.1, -0.05) is 55.9 Å². The van der Waals surface area contributed by atoms with E-state index in [1.165, 1.54) is 21.8 Å². The maximum atomic E-state index is 3.74. The SMILES string of the molecule is C=C/C=C\c1c(C)n(BC)c(=C/C)/c1=C\C=C/C. The first-order valence-corrected chi connectivity index (χ1v) is 6.48. The molecule has 2 heteroatoms. The van der Waals surface area contributed by atoms with Crippen molar-refractivity contribution in [2.45, 2.75) is 27.6 Å². The fraction of sp³-hybridized carbons (Fsp3) is 0.250. The lowest BCUT2D eigenvalue weighted by atomic mass is 9.99. The summed E-state index contributed by atoms with van der Waals surface area (Å²) in [6.45, 7) is 12.2. The van der Waals surface area contributed by atoms with Gasteiger partial charge in [0, 0.05) is 21.8 Å². The van der Waals surface area contributed by atoms with Crippen LogP contribution in [-0.2, 0) is 0 Å². The Bertz CT molecular complexity index is 586. The highest BCUT2D eigenvalue weighted by Crippen LogP contribution is 2.03. The van der Waals surface area contributed by atoms with E-state index >= 15 is 0 Å². The molecule has 0 aromatic carbocycles. The first-order chi connectivity index (χ1) is 8.71. The van der Waals surface area contributed by atoms with Crippen LogP contribution in [0.5, 0.6) is 0 Å². The third-order valence-corrected chi connectivity index (χ3v) is 3.10. The molecular formula is C16H22BN. The fourth-order valence-corrected chi connectivity index (χ4v) is 2.27. The lowest BCUT2D eigenvalue weighted by molar-refractivity contribution is 1.09. The molecule has 0 unspecified atom stereocenters. The second kappa shape index (κ2) is 6.90. The molecule has 1 nitrogen and oxygen atoms in total. The fourth-order valence-electron chi connectivity index (χ4n) is 2.27. The maximum absolute atomic E-state index is 3.74. The molecule has 0 bridgehead atoms. The van der Waals surface area contributed by atoms with E-state index in [9.17, 15) is 0 Å². The largest absolute Gasteiger partial charge is 0.393 e. The second-order valence-electron chi connectivity index (χ2n) is 4.12. The van der Waals surface area contributed by atoms with Crippen LogP contribution in [0.15, 0.2) is 30.9 Å². The van der Waals surface area contributed by atoms with Crippen LogP contribution in [0.4, 0.5) is 0 Å². The van der Waals surface area contributed by atoms with Crippen LogP contribution in [0, 0.1) is 6.92 Å². The summed E-state index contributed by atoms with van der Waals surface area (Å²) in [5, 5.41) is 2.57. The van der Waals surface area contributed by atoms with E-state index in [-0.39, 0.29) is 0 Å². The van der Waals surface area contributed by atoms with Gasteiger partial charge in [0.15, 0.2) is 0 Å². The molecule has 0 aliphatic carbocycles. The van der Waals surface area contributed by atoms with Crippen LogP contribution >= 0.6 is 0 Å². The Morgan fingerprint density at radius 3 is 2.44 bits per heavy atom. The Morgan fingerprint density at radius 2 is 1.94 bits per heavy atom. The van der Waals surface area contributed by atoms with Crippen molar-refractivity contribution in [3.05, 3.63) is 52.7 Å². The second-order valence-corrected chi connectivity index (χ2v) is 4.12. The summed E-state index contributed by atoms with van der Waals surface area (Å²) >= 11 is 0. The molecule has 94 valence electrons. The van der Waals surface area contributed by atoms with Crippen LogP contribution in [0.2, 0.25) is 6.82 Å². The Hall–Kier alpha value is -1.70. The van der Waals surface area contributed by atoms with Crippen molar-refractivity contribution in [3.63, 3.8) is 0 Å². The number of aromatic nitrogens is 1. The van der Waals surface area contributed by atoms with Crippen LogP contribution in [0.25, 0.3) is 18.2 Å². The molecule has 1 aromatic heterocycles. The predicted octanol–water partition coefficient (Wildman–Crippen LogP) is 2.40. The summed E-state index contributed by atoms with van der Waals surface area (Å²) in [7, 11) is 0.990. The highest BCUT2D eigenvalue weighted by molar-refractivity contribution is 6.31. The van der Waals surface area contributed by atoms with E-state index in [0.29, 0.717) is 0 Å². The third-order valence-electron chi connectivity index (χ3n) is 3.10. The van der Waals surface area contributed by atoms with E-state index in [1.54, 1.807) is 0 Å². The molecule has 0 fully saturated rings. The zero-order valence-electron chi connectivity index (χ0n) is 11.9. The van der Waals surface area contributed by atoms with E-state index in [1.807, 2.05) is 19.1 Å². The highest BCUT2D eigenvalue weighted by Gasteiger charge is 2.06. The van der Waals surface area contributed by atoms with Gasteiger partial charge in [-0.15, -0.1) is 0 Å². The molecule has 0 aliphatic rings. The third kappa shape index (κ3) is 2.76. The number of nitrogens with zero attached hydrogens (tertiary/aromatic N) is 1. The molecule has 0 saturated carbocycles. The van der Waals surface area contributed by atoms with Crippen molar-refractivity contribution in [1.29, 1.82) is 0 Å². The lowest BCUT2D eigenvalue weighted by Gasteiger charge is -2.01. The number of hydrogen-bond donors (Lipinski definition) is 0. The average molecular weight is 239 g/mol. The minimum absolute atomic E-state index is 0.990. The first kappa shape index (κ1) is 14.4. The van der Waals surface area contributed by atoms with Gasteiger partial charge >= 0.3 is 0 Å². The van der Waals surface area contributed by atoms with E-state index < -0.39 is 0 Å². The summed E-state index contributed by atoms with van der Waals surface area (Å²) in [6, 6.07) is 0. The molecule has 0 atom stereocenters. The molecule has 18 heavy (non-hydrogen) atoms. The smallest absolute Gasteiger partial charge is 0.238 e. The topological polar surface area (TPSA) is 4.93 Å². The molecule has 0 radical (unpaired) electrons. The molecule has 0 saturated heterocycles. The van der Waals surface area contributed by atoms with Gasteiger partial charge in [0.2, 0.25) is 7.41 Å². The van der Waals surface area contributed by atoms with Gasteiger partial charge in [-0.3, -0.25) is 0 Å². The minimum atomic E-state index is 0.990. The van der Waals surface area contributed by atoms with Gasteiger partial charge < -0.3 is 4.48 Å². The normalized spacial score (nSPS) is 14.0. The highest BCUT2D eigenvalue weighted by atomic mass is 14.9. The Kier molecular flexibility index (Phi) is 5.51. The van der Waals surface area contributed by atoms with E-state index in [2.05, 4.69) is 62.1 Å². The molecular weight excluding hydrogens is 217 g/mol. The van der Waals surface area contributed by atoms with Gasteiger partial charge in [0.25, 0.3) is 0 Å². The molecule has 1 rings (SSSR count). The van der Waals surface area contributed by atoms with Gasteiger partial charge in [0.05, 0.1) is 0 Å². The number of hydrogen-bond acceptors (Lipinski definition) is 0. The quantitative estimate of drug-likeness (QED) is 0.561. The van der Waals surface area contributed by atoms with Crippen molar-refractivity contribution in [2.24, 2.45) is 0 Å². The van der Waals surface area contributed by atoms with Crippen LogP contribution in [0.3, 0.4) is 0 Å². The molecule has 0 N–H and O–H groups in total. The molecule has 1 heterocycles. The van der Waals surface area contributed by atoms with Gasteiger partial charge in [-0.2, -0.15) is 0 Å². The van der Waals surface area contributed by atoms with Crippen LogP contribution in [-0.4, -0.2) is 11.9 Å². The van der Waals surface area contributed by atoms with Gasteiger partial charge in [0.1, 0.15) is 0 Å². The first-order valence-electron chi connectivity index (χ1n) is 6.48. The van der Waals surface area contributed by atoms with Crippen molar-refractivity contribution in [2.75, 3.05) is 0 Å². The molecule has 1 aromatic rings. The zero-order chi connectivity index (χ0) is 13.5. The summed E-state index contributed by atoms with van der Waals surface area (Å²) < 4.78 is 2.35. The van der Waals surface area contributed by atoms with Crippen molar-refractivity contribution in [3.8, 4) is 0 Å². The van der Waals surface area contributed by atoms with Crippen LogP contribution in [0.1, 0.15) is 25.1 Å².